The second kappa shape index (κ2) is 5.33. The van der Waals surface area contributed by atoms with E-state index in [-0.39, 0.29) is 5.69 Å². The topological polar surface area (TPSA) is 67.2 Å². The third-order valence-corrected chi connectivity index (χ3v) is 2.94. The normalized spacial score (nSPS) is 14.6. The zero-order valence-corrected chi connectivity index (χ0v) is 10.0. The Morgan fingerprint density at radius 1 is 1.41 bits per heavy atom. The van der Waals surface area contributed by atoms with Crippen LogP contribution in [0.4, 0.5) is 11.4 Å². The van der Waals surface area contributed by atoms with Gasteiger partial charge in [-0.2, -0.15) is 0 Å². The molecule has 1 aromatic carbocycles. The Bertz CT molecular complexity index is 421. The number of hydrogen-bond acceptors (Lipinski definition) is 4. The summed E-state index contributed by atoms with van der Waals surface area (Å²) in [5, 5.41) is 17.5. The second-order valence-corrected chi connectivity index (χ2v) is 4.45. The van der Waals surface area contributed by atoms with Gasteiger partial charge in [-0.3, -0.25) is 10.1 Å². The van der Waals surface area contributed by atoms with Crippen molar-refractivity contribution in [1.82, 2.24) is 5.32 Å². The summed E-state index contributed by atoms with van der Waals surface area (Å²) >= 11 is 5.94. The first-order chi connectivity index (χ1) is 8.18. The Morgan fingerprint density at radius 2 is 2.18 bits per heavy atom. The van der Waals surface area contributed by atoms with Crippen molar-refractivity contribution in [2.75, 3.05) is 18.4 Å². The minimum Gasteiger partial charge on any atom is -0.377 e. The highest BCUT2D eigenvalue weighted by molar-refractivity contribution is 6.33. The molecular weight excluding hydrogens is 242 g/mol. The van der Waals surface area contributed by atoms with Crippen LogP contribution in [0.3, 0.4) is 0 Å². The first-order valence-electron chi connectivity index (χ1n) is 5.58. The molecule has 0 bridgehead atoms. The number of anilines is 1. The van der Waals surface area contributed by atoms with E-state index in [9.17, 15) is 10.1 Å². The smallest absolute Gasteiger partial charge is 0.293 e. The van der Waals surface area contributed by atoms with E-state index in [1.807, 2.05) is 0 Å². The largest absolute Gasteiger partial charge is 0.377 e. The van der Waals surface area contributed by atoms with Gasteiger partial charge in [0.25, 0.3) is 5.69 Å². The zero-order chi connectivity index (χ0) is 12.3. The predicted octanol–water partition coefficient (Wildman–Crippen LogP) is 2.41. The molecule has 1 aliphatic carbocycles. The van der Waals surface area contributed by atoms with Gasteiger partial charge in [-0.05, 0) is 18.9 Å². The van der Waals surface area contributed by atoms with Crippen LogP contribution in [0.25, 0.3) is 0 Å². The van der Waals surface area contributed by atoms with Crippen LogP contribution in [-0.2, 0) is 0 Å². The maximum Gasteiger partial charge on any atom is 0.293 e. The number of para-hydroxylation sites is 1. The molecule has 0 atom stereocenters. The number of nitrogens with one attached hydrogen (secondary N) is 2. The highest BCUT2D eigenvalue weighted by Gasteiger charge is 2.20. The van der Waals surface area contributed by atoms with E-state index < -0.39 is 4.92 Å². The molecule has 0 spiro atoms. The molecule has 2 rings (SSSR count). The van der Waals surface area contributed by atoms with Crippen molar-refractivity contribution in [3.63, 3.8) is 0 Å². The molecule has 1 aromatic rings. The molecule has 0 unspecified atom stereocenters. The van der Waals surface area contributed by atoms with E-state index in [0.717, 1.165) is 6.54 Å². The molecule has 0 aromatic heterocycles. The van der Waals surface area contributed by atoms with Gasteiger partial charge in [0.1, 0.15) is 5.69 Å². The summed E-state index contributed by atoms with van der Waals surface area (Å²) in [5.41, 5.74) is 0.417. The van der Waals surface area contributed by atoms with Gasteiger partial charge >= 0.3 is 0 Å². The molecule has 0 aliphatic heterocycles. The number of halogens is 1. The van der Waals surface area contributed by atoms with Gasteiger partial charge in [-0.15, -0.1) is 0 Å². The number of nitro groups is 1. The number of benzene rings is 1. The minimum absolute atomic E-state index is 0.0175. The summed E-state index contributed by atoms with van der Waals surface area (Å²) in [6, 6.07) is 5.31. The van der Waals surface area contributed by atoms with Crippen LogP contribution in [0, 0.1) is 10.1 Å². The van der Waals surface area contributed by atoms with Crippen LogP contribution in [0.1, 0.15) is 12.8 Å². The summed E-state index contributed by atoms with van der Waals surface area (Å²) in [7, 11) is 0. The van der Waals surface area contributed by atoms with Crippen LogP contribution in [0.15, 0.2) is 18.2 Å². The van der Waals surface area contributed by atoms with Gasteiger partial charge in [-0.1, -0.05) is 17.7 Å². The predicted molar refractivity (Wildman–Crippen MR) is 67.6 cm³/mol. The summed E-state index contributed by atoms with van der Waals surface area (Å²) in [4.78, 5) is 10.4. The van der Waals surface area contributed by atoms with Crippen LogP contribution in [-0.4, -0.2) is 24.1 Å². The first kappa shape index (κ1) is 12.1. The SMILES string of the molecule is O=[N+]([O-])c1cccc(Cl)c1NCCNC1CC1. The molecule has 5 nitrogen and oxygen atoms in total. The molecule has 6 heteroatoms. The molecule has 0 radical (unpaired) electrons. The van der Waals surface area contributed by atoms with Gasteiger partial charge in [-0.25, -0.2) is 0 Å². The molecule has 0 amide bonds. The Hall–Kier alpha value is -1.33. The Morgan fingerprint density at radius 3 is 2.82 bits per heavy atom. The van der Waals surface area contributed by atoms with Crippen molar-refractivity contribution in [2.24, 2.45) is 0 Å². The third kappa shape index (κ3) is 3.31. The minimum atomic E-state index is -0.428. The van der Waals surface area contributed by atoms with Crippen molar-refractivity contribution in [1.29, 1.82) is 0 Å². The van der Waals surface area contributed by atoms with Gasteiger partial charge < -0.3 is 10.6 Å². The van der Waals surface area contributed by atoms with Gasteiger partial charge in [0.2, 0.25) is 0 Å². The quantitative estimate of drug-likeness (QED) is 0.465. The van der Waals surface area contributed by atoms with E-state index in [1.165, 1.54) is 18.9 Å². The molecule has 2 N–H and O–H groups in total. The summed E-state index contributed by atoms with van der Waals surface area (Å²) < 4.78 is 0. The first-order valence-corrected chi connectivity index (χ1v) is 5.96. The fraction of sp³-hybridized carbons (Fsp3) is 0.455. The van der Waals surface area contributed by atoms with Crippen molar-refractivity contribution >= 4 is 23.0 Å². The Balaban J connectivity index is 1.94. The number of nitrogens with zero attached hydrogens (tertiary/aromatic N) is 1. The maximum atomic E-state index is 10.8. The molecule has 1 fully saturated rings. The maximum absolute atomic E-state index is 10.8. The number of rotatable bonds is 6. The average Bonchev–Trinajstić information content (AvgIpc) is 3.09. The van der Waals surface area contributed by atoms with E-state index >= 15 is 0 Å². The van der Waals surface area contributed by atoms with E-state index in [0.29, 0.717) is 23.3 Å². The highest BCUT2D eigenvalue weighted by Crippen LogP contribution is 2.31. The van der Waals surface area contributed by atoms with Crippen molar-refractivity contribution in [3.8, 4) is 0 Å². The molecule has 1 aliphatic rings. The molecular formula is C11H14ClN3O2. The van der Waals surface area contributed by atoms with E-state index in [2.05, 4.69) is 10.6 Å². The van der Waals surface area contributed by atoms with Crippen LogP contribution >= 0.6 is 11.6 Å². The lowest BCUT2D eigenvalue weighted by Crippen LogP contribution is -2.24. The Labute approximate surface area is 104 Å². The average molecular weight is 256 g/mol. The lowest BCUT2D eigenvalue weighted by molar-refractivity contribution is -0.383. The molecule has 1 saturated carbocycles. The zero-order valence-electron chi connectivity index (χ0n) is 9.28. The van der Waals surface area contributed by atoms with Crippen molar-refractivity contribution < 1.29 is 4.92 Å². The third-order valence-electron chi connectivity index (χ3n) is 2.63. The highest BCUT2D eigenvalue weighted by atomic mass is 35.5. The summed E-state index contributed by atoms with van der Waals surface area (Å²) in [6.45, 7) is 1.41. The molecule has 17 heavy (non-hydrogen) atoms. The van der Waals surface area contributed by atoms with Gasteiger partial charge in [0, 0.05) is 25.2 Å². The van der Waals surface area contributed by atoms with Gasteiger partial charge in [0.15, 0.2) is 0 Å². The lowest BCUT2D eigenvalue weighted by Gasteiger charge is -2.09. The number of hydrogen-bond donors (Lipinski definition) is 2. The number of nitro benzene ring substituents is 1. The fourth-order valence-corrected chi connectivity index (χ4v) is 1.83. The summed E-state index contributed by atoms with van der Waals surface area (Å²) in [6.07, 6.45) is 2.46. The monoisotopic (exact) mass is 255 g/mol. The molecule has 0 heterocycles. The summed E-state index contributed by atoms with van der Waals surface area (Å²) in [5.74, 6) is 0. The standard InChI is InChI=1S/C11H14ClN3O2/c12-9-2-1-3-10(15(16)17)11(9)14-7-6-13-8-4-5-8/h1-3,8,13-14H,4-7H2. The van der Waals surface area contributed by atoms with E-state index in [4.69, 9.17) is 11.6 Å². The van der Waals surface area contributed by atoms with Gasteiger partial charge in [0.05, 0.1) is 9.95 Å². The van der Waals surface area contributed by atoms with Crippen LogP contribution in [0.5, 0.6) is 0 Å². The van der Waals surface area contributed by atoms with E-state index in [1.54, 1.807) is 12.1 Å². The van der Waals surface area contributed by atoms with Crippen molar-refractivity contribution in [3.05, 3.63) is 33.3 Å². The van der Waals surface area contributed by atoms with Crippen molar-refractivity contribution in [2.45, 2.75) is 18.9 Å². The molecule has 92 valence electrons. The second-order valence-electron chi connectivity index (χ2n) is 4.05. The fourth-order valence-electron chi connectivity index (χ4n) is 1.59. The Kier molecular flexibility index (Phi) is 3.81. The van der Waals surface area contributed by atoms with Crippen LogP contribution in [0.2, 0.25) is 5.02 Å². The lowest BCUT2D eigenvalue weighted by atomic mass is 10.2. The molecule has 0 saturated heterocycles. The van der Waals surface area contributed by atoms with Crippen LogP contribution < -0.4 is 10.6 Å².